The first-order valence-corrected chi connectivity index (χ1v) is 10.7. The van der Waals surface area contributed by atoms with Gasteiger partial charge in [-0.05, 0) is 37.8 Å². The van der Waals surface area contributed by atoms with Gasteiger partial charge in [0.1, 0.15) is 12.9 Å². The molecule has 1 aliphatic heterocycles. The minimum atomic E-state index is -3.56. The van der Waals surface area contributed by atoms with E-state index in [1.54, 1.807) is 29.2 Å². The number of methoxy groups -OCH3 is 1. The van der Waals surface area contributed by atoms with Gasteiger partial charge in [-0.3, -0.25) is 4.79 Å². The number of amides is 1. The van der Waals surface area contributed by atoms with Crippen molar-refractivity contribution >= 4 is 15.9 Å². The minimum absolute atomic E-state index is 0.0447. The fraction of sp³-hybridized carbons (Fsp3) is 0.474. The Morgan fingerprint density at radius 3 is 2.82 bits per heavy atom. The zero-order chi connectivity index (χ0) is 20.1. The molecule has 0 spiro atoms. The Hall–Kier alpha value is -2.23. The van der Waals surface area contributed by atoms with Crippen molar-refractivity contribution < 1.29 is 22.4 Å². The first kappa shape index (κ1) is 20.5. The number of likely N-dealkylation sites (tertiary alicyclic amines) is 1. The normalized spacial score (nSPS) is 17.6. The fourth-order valence-electron chi connectivity index (χ4n) is 3.21. The summed E-state index contributed by atoms with van der Waals surface area (Å²) in [7, 11) is -2.04. The van der Waals surface area contributed by atoms with Crippen LogP contribution in [0, 0.1) is 12.8 Å². The van der Waals surface area contributed by atoms with Crippen LogP contribution in [0.1, 0.15) is 34.8 Å². The Morgan fingerprint density at radius 1 is 1.36 bits per heavy atom. The smallest absolute Gasteiger partial charge is 0.275 e. The lowest BCUT2D eigenvalue weighted by atomic mass is 9.98. The van der Waals surface area contributed by atoms with Crippen LogP contribution in [0.25, 0.3) is 0 Å². The number of hydrogen-bond acceptors (Lipinski definition) is 6. The van der Waals surface area contributed by atoms with E-state index in [0.29, 0.717) is 19.0 Å². The van der Waals surface area contributed by atoms with Crippen molar-refractivity contribution in [1.29, 1.82) is 0 Å². The molecule has 1 N–H and O–H groups in total. The van der Waals surface area contributed by atoms with E-state index in [4.69, 9.17) is 9.15 Å². The molecule has 1 aromatic heterocycles. The maximum Gasteiger partial charge on any atom is 0.275 e. The average molecular weight is 407 g/mol. The number of ether oxygens (including phenoxy) is 1. The van der Waals surface area contributed by atoms with E-state index in [1.165, 1.54) is 13.4 Å². The highest BCUT2D eigenvalue weighted by Gasteiger charge is 2.27. The van der Waals surface area contributed by atoms with Crippen molar-refractivity contribution in [2.75, 3.05) is 26.7 Å². The van der Waals surface area contributed by atoms with Gasteiger partial charge >= 0.3 is 0 Å². The van der Waals surface area contributed by atoms with Gasteiger partial charge in [-0.1, -0.05) is 17.7 Å². The number of carbonyl (C=O) groups is 1. The van der Waals surface area contributed by atoms with E-state index in [9.17, 15) is 13.2 Å². The fourth-order valence-corrected chi connectivity index (χ4v) is 4.32. The first-order valence-electron chi connectivity index (χ1n) is 9.18. The summed E-state index contributed by atoms with van der Waals surface area (Å²) in [4.78, 5) is 18.7. The lowest BCUT2D eigenvalue weighted by Gasteiger charge is -2.32. The maximum atomic E-state index is 12.6. The molecule has 152 valence electrons. The quantitative estimate of drug-likeness (QED) is 0.753. The number of nitrogens with zero attached hydrogens (tertiary/aromatic N) is 2. The summed E-state index contributed by atoms with van der Waals surface area (Å²) in [6.07, 6.45) is 3.00. The largest absolute Gasteiger partial charge is 0.446 e. The molecule has 28 heavy (non-hydrogen) atoms. The SMILES string of the molecule is COCc1nc(C(=O)N2CCC[C@@H](CNS(=O)(=O)c3ccc(C)cc3)C2)co1. The lowest BCUT2D eigenvalue weighted by molar-refractivity contribution is 0.0670. The molecule has 2 aromatic rings. The van der Waals surface area contributed by atoms with Crippen LogP contribution in [0.5, 0.6) is 0 Å². The summed E-state index contributed by atoms with van der Waals surface area (Å²) in [6, 6.07) is 6.73. The third-order valence-corrected chi connectivity index (χ3v) is 6.18. The highest BCUT2D eigenvalue weighted by atomic mass is 32.2. The van der Waals surface area contributed by atoms with Crippen molar-refractivity contribution in [3.8, 4) is 0 Å². The predicted molar refractivity (Wildman–Crippen MR) is 102 cm³/mol. The molecule has 0 saturated carbocycles. The van der Waals surface area contributed by atoms with Crippen molar-refractivity contribution in [3.05, 3.63) is 47.7 Å². The number of sulfonamides is 1. The highest BCUT2D eigenvalue weighted by Crippen LogP contribution is 2.19. The molecule has 0 radical (unpaired) electrons. The molecule has 9 heteroatoms. The summed E-state index contributed by atoms with van der Waals surface area (Å²) in [5, 5.41) is 0. The minimum Gasteiger partial charge on any atom is -0.446 e. The van der Waals surface area contributed by atoms with Gasteiger partial charge in [-0.2, -0.15) is 0 Å². The highest BCUT2D eigenvalue weighted by molar-refractivity contribution is 7.89. The Kier molecular flexibility index (Phi) is 6.48. The summed E-state index contributed by atoms with van der Waals surface area (Å²) < 4.78 is 37.8. The average Bonchev–Trinajstić information content (AvgIpc) is 3.15. The van der Waals surface area contributed by atoms with Crippen LogP contribution in [0.15, 0.2) is 39.8 Å². The molecule has 1 amide bonds. The number of aromatic nitrogens is 1. The molecule has 1 fully saturated rings. The molecular weight excluding hydrogens is 382 g/mol. The van der Waals surface area contributed by atoms with Gasteiger partial charge in [0.05, 0.1) is 4.90 Å². The van der Waals surface area contributed by atoms with Gasteiger partial charge in [0, 0.05) is 26.7 Å². The number of carbonyl (C=O) groups excluding carboxylic acids is 1. The maximum absolute atomic E-state index is 12.6. The van der Waals surface area contributed by atoms with Crippen molar-refractivity contribution in [2.24, 2.45) is 5.92 Å². The third-order valence-electron chi connectivity index (χ3n) is 4.74. The number of aryl methyl sites for hydroxylation is 1. The van der Waals surface area contributed by atoms with Crippen LogP contribution < -0.4 is 4.72 Å². The standard InChI is InChI=1S/C19H25N3O5S/c1-14-5-7-16(8-6-14)28(24,25)20-10-15-4-3-9-22(11-15)19(23)17-12-27-18(21-17)13-26-2/h5-8,12,15,20H,3-4,9-11,13H2,1-2H3/t15-/m0/s1. The van der Waals surface area contributed by atoms with Crippen LogP contribution in [-0.2, 0) is 21.4 Å². The van der Waals surface area contributed by atoms with Gasteiger partial charge < -0.3 is 14.1 Å². The molecule has 0 unspecified atom stereocenters. The molecule has 1 aromatic carbocycles. The van der Waals surface area contributed by atoms with E-state index in [0.717, 1.165) is 18.4 Å². The van der Waals surface area contributed by atoms with Crippen molar-refractivity contribution in [3.63, 3.8) is 0 Å². The zero-order valence-corrected chi connectivity index (χ0v) is 16.9. The summed E-state index contributed by atoms with van der Waals surface area (Å²) in [6.45, 7) is 3.49. The topological polar surface area (TPSA) is 102 Å². The molecule has 0 aliphatic carbocycles. The van der Waals surface area contributed by atoms with Gasteiger partial charge in [0.15, 0.2) is 5.69 Å². The van der Waals surface area contributed by atoms with E-state index >= 15 is 0 Å². The third kappa shape index (κ3) is 4.98. The van der Waals surface area contributed by atoms with Gasteiger partial charge in [0.2, 0.25) is 15.9 Å². The van der Waals surface area contributed by atoms with E-state index < -0.39 is 10.0 Å². The predicted octanol–water partition coefficient (Wildman–Crippen LogP) is 1.96. The molecular formula is C19H25N3O5S. The Morgan fingerprint density at radius 2 is 2.11 bits per heavy atom. The second-order valence-electron chi connectivity index (χ2n) is 6.98. The number of hydrogen-bond donors (Lipinski definition) is 1. The summed E-state index contributed by atoms with van der Waals surface area (Å²) >= 11 is 0. The van der Waals surface area contributed by atoms with E-state index in [1.807, 2.05) is 6.92 Å². The number of benzene rings is 1. The van der Waals surface area contributed by atoms with E-state index in [-0.39, 0.29) is 35.6 Å². The van der Waals surface area contributed by atoms with E-state index in [2.05, 4.69) is 9.71 Å². The molecule has 0 bridgehead atoms. The van der Waals surface area contributed by atoms with Gasteiger partial charge in [-0.25, -0.2) is 18.1 Å². The van der Waals surface area contributed by atoms with Gasteiger partial charge in [-0.15, -0.1) is 0 Å². The van der Waals surface area contributed by atoms with Crippen molar-refractivity contribution in [2.45, 2.75) is 31.3 Å². The Labute approximate surface area is 164 Å². The molecule has 3 rings (SSSR count). The molecule has 2 heterocycles. The molecule has 1 saturated heterocycles. The molecule has 1 aliphatic rings. The number of oxazole rings is 1. The van der Waals surface area contributed by atoms with Crippen LogP contribution in [-0.4, -0.2) is 51.0 Å². The Balaban J connectivity index is 1.58. The van der Waals surface area contributed by atoms with Crippen LogP contribution >= 0.6 is 0 Å². The van der Waals surface area contributed by atoms with Crippen LogP contribution in [0.2, 0.25) is 0 Å². The monoisotopic (exact) mass is 407 g/mol. The van der Waals surface area contributed by atoms with Crippen LogP contribution in [0.4, 0.5) is 0 Å². The van der Waals surface area contributed by atoms with Crippen molar-refractivity contribution in [1.82, 2.24) is 14.6 Å². The summed E-state index contributed by atoms with van der Waals surface area (Å²) in [5.41, 5.74) is 1.25. The van der Waals surface area contributed by atoms with Crippen LogP contribution in [0.3, 0.4) is 0 Å². The van der Waals surface area contributed by atoms with Gasteiger partial charge in [0.25, 0.3) is 5.91 Å². The molecule has 8 nitrogen and oxygen atoms in total. The Bertz CT molecular complexity index is 908. The zero-order valence-electron chi connectivity index (χ0n) is 16.1. The first-order chi connectivity index (χ1) is 13.4. The lowest BCUT2D eigenvalue weighted by Crippen LogP contribution is -2.43. The summed E-state index contributed by atoms with van der Waals surface area (Å²) in [5.74, 6) is 0.186. The second-order valence-corrected chi connectivity index (χ2v) is 8.75. The number of nitrogens with one attached hydrogen (secondary N) is 1. The molecule has 1 atom stereocenters. The second kappa shape index (κ2) is 8.85. The number of piperidine rings is 1. The number of rotatable bonds is 7.